The quantitative estimate of drug-likeness (QED) is 0.277. The monoisotopic (exact) mass is 541 g/mol. The summed E-state index contributed by atoms with van der Waals surface area (Å²) in [5, 5.41) is 0.596. The molecule has 3 atom stereocenters. The first-order valence-electron chi connectivity index (χ1n) is 12.4. The third-order valence-corrected chi connectivity index (χ3v) is 8.04. The van der Waals surface area contributed by atoms with Gasteiger partial charge < -0.3 is 14.2 Å². The van der Waals surface area contributed by atoms with Gasteiger partial charge in [0.2, 0.25) is 0 Å². The summed E-state index contributed by atoms with van der Waals surface area (Å²) in [6.45, 7) is 4.25. The van der Waals surface area contributed by atoms with Crippen LogP contribution >= 0.6 is 23.4 Å². The summed E-state index contributed by atoms with van der Waals surface area (Å²) in [4.78, 5) is 31.9. The van der Waals surface area contributed by atoms with Gasteiger partial charge in [0.05, 0.1) is 14.2 Å². The topological polar surface area (TPSA) is 74.2 Å². The van der Waals surface area contributed by atoms with Crippen molar-refractivity contribution >= 4 is 40.8 Å². The Bertz CT molecular complexity index is 1220. The molecule has 4 rings (SSSR count). The molecule has 1 aliphatic carbocycles. The number of aliphatic imine (C=N–C) groups is 1. The van der Waals surface area contributed by atoms with Crippen molar-refractivity contribution in [3.8, 4) is 11.5 Å². The lowest BCUT2D eigenvalue weighted by molar-refractivity contribution is -0.145. The molecule has 2 aliphatic rings. The van der Waals surface area contributed by atoms with E-state index in [-0.39, 0.29) is 17.7 Å². The number of hydrogen-bond acceptors (Lipinski definition) is 7. The second-order valence-electron chi connectivity index (χ2n) is 9.13. The van der Waals surface area contributed by atoms with Gasteiger partial charge in [-0.2, -0.15) is 11.8 Å². The molecule has 8 heteroatoms. The average Bonchev–Trinajstić information content (AvgIpc) is 2.90. The van der Waals surface area contributed by atoms with Crippen molar-refractivity contribution in [3.63, 3.8) is 0 Å². The van der Waals surface area contributed by atoms with E-state index in [1.165, 1.54) is 0 Å². The van der Waals surface area contributed by atoms with Crippen LogP contribution < -0.4 is 9.47 Å². The van der Waals surface area contributed by atoms with E-state index in [2.05, 4.69) is 6.92 Å². The Morgan fingerprint density at radius 3 is 2.43 bits per heavy atom. The van der Waals surface area contributed by atoms with E-state index < -0.39 is 11.8 Å². The SMILES string of the molecule is CCSCCOC(=O)C1C(C)=NC2=C(C(=O)C[C@@H](c3ccc(OC)c(OC)c3)C2)[C@@H]1c1ccc(Cl)cc1. The molecule has 0 fully saturated rings. The van der Waals surface area contributed by atoms with Crippen LogP contribution in [0.5, 0.6) is 11.5 Å². The van der Waals surface area contributed by atoms with Gasteiger partial charge in [0.25, 0.3) is 0 Å². The largest absolute Gasteiger partial charge is 0.493 e. The highest BCUT2D eigenvalue weighted by Gasteiger charge is 2.44. The van der Waals surface area contributed by atoms with Gasteiger partial charge in [-0.05, 0) is 60.4 Å². The highest BCUT2D eigenvalue weighted by atomic mass is 35.5. The molecule has 2 aromatic rings. The molecule has 0 aromatic heterocycles. The lowest BCUT2D eigenvalue weighted by Crippen LogP contribution is -2.38. The molecule has 0 saturated heterocycles. The Hall–Kier alpha value is -2.77. The van der Waals surface area contributed by atoms with Crippen molar-refractivity contribution < 1.29 is 23.8 Å². The molecule has 0 spiro atoms. The van der Waals surface area contributed by atoms with E-state index >= 15 is 0 Å². The summed E-state index contributed by atoms with van der Waals surface area (Å²) in [6.07, 6.45) is 0.911. The molecule has 1 aliphatic heterocycles. The number of nitrogens with zero attached hydrogens (tertiary/aromatic N) is 1. The van der Waals surface area contributed by atoms with Gasteiger partial charge in [0.1, 0.15) is 12.5 Å². The van der Waals surface area contributed by atoms with Crippen molar-refractivity contribution in [2.24, 2.45) is 10.9 Å². The molecular formula is C29H32ClNO5S. The third kappa shape index (κ3) is 5.88. The molecule has 0 N–H and O–H groups in total. The van der Waals surface area contributed by atoms with E-state index in [0.717, 1.165) is 28.3 Å². The molecule has 196 valence electrons. The number of halogens is 1. The zero-order valence-corrected chi connectivity index (χ0v) is 23.2. The predicted octanol–water partition coefficient (Wildman–Crippen LogP) is 6.23. The van der Waals surface area contributed by atoms with Crippen LogP contribution in [-0.2, 0) is 14.3 Å². The number of carbonyl (C=O) groups excluding carboxylic acids is 2. The first kappa shape index (κ1) is 27.3. The zero-order chi connectivity index (χ0) is 26.5. The normalized spacial score (nSPS) is 21.3. The fraction of sp³-hybridized carbons (Fsp3) is 0.414. The minimum Gasteiger partial charge on any atom is -0.493 e. The van der Waals surface area contributed by atoms with Gasteiger partial charge in [-0.25, -0.2) is 0 Å². The fourth-order valence-corrected chi connectivity index (χ4v) is 5.79. The number of benzene rings is 2. The maximum atomic E-state index is 13.7. The summed E-state index contributed by atoms with van der Waals surface area (Å²) < 4.78 is 16.5. The summed E-state index contributed by atoms with van der Waals surface area (Å²) in [6, 6.07) is 13.1. The minimum atomic E-state index is -0.659. The number of methoxy groups -OCH3 is 2. The molecule has 0 amide bonds. The number of hydrogen-bond donors (Lipinski definition) is 0. The Labute approximate surface area is 227 Å². The van der Waals surface area contributed by atoms with Crippen molar-refractivity contribution in [3.05, 3.63) is 69.9 Å². The predicted molar refractivity (Wildman–Crippen MR) is 148 cm³/mol. The van der Waals surface area contributed by atoms with Crippen molar-refractivity contribution in [1.29, 1.82) is 0 Å². The number of ether oxygens (including phenoxy) is 3. The van der Waals surface area contributed by atoms with E-state index in [1.54, 1.807) is 38.1 Å². The highest BCUT2D eigenvalue weighted by molar-refractivity contribution is 7.99. The molecule has 0 saturated carbocycles. The van der Waals surface area contributed by atoms with Crippen LogP contribution in [0.15, 0.2) is 58.7 Å². The lowest BCUT2D eigenvalue weighted by Gasteiger charge is -2.36. The van der Waals surface area contributed by atoms with Gasteiger partial charge in [-0.3, -0.25) is 14.6 Å². The Morgan fingerprint density at radius 1 is 1.05 bits per heavy atom. The van der Waals surface area contributed by atoms with E-state index in [0.29, 0.717) is 47.3 Å². The van der Waals surface area contributed by atoms with Crippen LogP contribution in [-0.4, -0.2) is 49.8 Å². The van der Waals surface area contributed by atoms with Crippen molar-refractivity contribution in [1.82, 2.24) is 0 Å². The second kappa shape index (κ2) is 12.2. The van der Waals surface area contributed by atoms with Gasteiger partial charge >= 0.3 is 5.97 Å². The van der Waals surface area contributed by atoms with Gasteiger partial charge in [0.15, 0.2) is 17.3 Å². The summed E-state index contributed by atoms with van der Waals surface area (Å²) in [7, 11) is 3.19. The summed E-state index contributed by atoms with van der Waals surface area (Å²) in [5.74, 6) is 1.43. The van der Waals surface area contributed by atoms with Crippen LogP contribution in [0.1, 0.15) is 49.7 Å². The lowest BCUT2D eigenvalue weighted by atomic mass is 9.69. The molecule has 2 aromatic carbocycles. The number of thioether (sulfide) groups is 1. The maximum Gasteiger partial charge on any atom is 0.315 e. The van der Waals surface area contributed by atoms with Crippen LogP contribution in [0.2, 0.25) is 5.02 Å². The molecular weight excluding hydrogens is 510 g/mol. The van der Waals surface area contributed by atoms with E-state index in [1.807, 2.05) is 37.3 Å². The van der Waals surface area contributed by atoms with Gasteiger partial charge in [-0.1, -0.05) is 36.7 Å². The fourth-order valence-electron chi connectivity index (χ4n) is 5.17. The Morgan fingerprint density at radius 2 is 1.76 bits per heavy atom. The number of ketones is 1. The first-order valence-corrected chi connectivity index (χ1v) is 13.9. The van der Waals surface area contributed by atoms with Crippen LogP contribution in [0.4, 0.5) is 0 Å². The molecule has 1 unspecified atom stereocenters. The molecule has 0 bridgehead atoms. The number of Topliss-reactive ketones (excluding diaryl/α,β-unsaturated/α-hetero) is 1. The molecule has 6 nitrogen and oxygen atoms in total. The molecule has 1 heterocycles. The van der Waals surface area contributed by atoms with Gasteiger partial charge in [-0.15, -0.1) is 0 Å². The van der Waals surface area contributed by atoms with Crippen LogP contribution in [0.25, 0.3) is 0 Å². The van der Waals surface area contributed by atoms with E-state index in [4.69, 9.17) is 30.8 Å². The minimum absolute atomic E-state index is 0.00317. The summed E-state index contributed by atoms with van der Waals surface area (Å²) in [5.41, 5.74) is 3.85. The number of esters is 1. The van der Waals surface area contributed by atoms with Crippen LogP contribution in [0, 0.1) is 5.92 Å². The first-order chi connectivity index (χ1) is 17.9. The van der Waals surface area contributed by atoms with Crippen molar-refractivity contribution in [2.75, 3.05) is 32.3 Å². The molecule has 0 radical (unpaired) electrons. The number of carbonyl (C=O) groups is 2. The number of rotatable bonds is 9. The maximum absolute atomic E-state index is 13.7. The standard InChI is InChI=1S/C29H32ClNO5S/c1-5-37-13-12-36-29(33)26-17(2)31-22-14-20(19-8-11-24(34-3)25(16-19)35-4)15-23(32)28(22)27(26)18-6-9-21(30)10-7-18/h6-11,16,20,26-27H,5,12-15H2,1-4H3/t20-,26?,27+/m0/s1. The van der Waals surface area contributed by atoms with Crippen LogP contribution in [0.3, 0.4) is 0 Å². The highest BCUT2D eigenvalue weighted by Crippen LogP contribution is 2.47. The molecule has 37 heavy (non-hydrogen) atoms. The Kier molecular flexibility index (Phi) is 8.98. The van der Waals surface area contributed by atoms with E-state index in [9.17, 15) is 9.59 Å². The Balaban J connectivity index is 1.70. The number of allylic oxidation sites excluding steroid dienone is 2. The summed E-state index contributed by atoms with van der Waals surface area (Å²) >= 11 is 7.88. The second-order valence-corrected chi connectivity index (χ2v) is 11.0. The third-order valence-electron chi connectivity index (χ3n) is 6.93. The smallest absolute Gasteiger partial charge is 0.315 e. The average molecular weight is 542 g/mol. The zero-order valence-electron chi connectivity index (χ0n) is 21.6. The van der Waals surface area contributed by atoms with Gasteiger partial charge in [0, 0.05) is 40.1 Å². The van der Waals surface area contributed by atoms with Crippen molar-refractivity contribution in [2.45, 2.75) is 38.5 Å².